The Hall–Kier alpha value is -2.53. The maximum Gasteiger partial charge on any atom is 0.416 e. The predicted octanol–water partition coefficient (Wildman–Crippen LogP) is 4.69. The highest BCUT2D eigenvalue weighted by Crippen LogP contribution is 2.38. The standard InChI is InChI=1S/C19H15F3N2/c20-19(21,22)15-8-3-2-7-14(15)18-17-10-5-11-24(17)16-9-4-1-6-13(16)12-23-18/h1-11,18,23H,12H2. The van der Waals surface area contributed by atoms with Crippen molar-refractivity contribution in [3.05, 3.63) is 89.2 Å². The molecule has 4 rings (SSSR count). The number of nitrogens with one attached hydrogen (secondary N) is 1. The third-order valence-electron chi connectivity index (χ3n) is 4.40. The van der Waals surface area contributed by atoms with E-state index < -0.39 is 17.8 Å². The summed E-state index contributed by atoms with van der Waals surface area (Å²) in [6, 6.07) is 16.8. The zero-order valence-corrected chi connectivity index (χ0v) is 12.7. The molecular weight excluding hydrogens is 313 g/mol. The van der Waals surface area contributed by atoms with Crippen molar-refractivity contribution >= 4 is 0 Å². The van der Waals surface area contributed by atoms with Crippen LogP contribution in [0.2, 0.25) is 0 Å². The van der Waals surface area contributed by atoms with Gasteiger partial charge < -0.3 is 9.88 Å². The molecule has 0 saturated carbocycles. The zero-order chi connectivity index (χ0) is 16.7. The van der Waals surface area contributed by atoms with Crippen LogP contribution in [0.3, 0.4) is 0 Å². The van der Waals surface area contributed by atoms with E-state index in [-0.39, 0.29) is 5.56 Å². The molecule has 0 saturated heterocycles. The number of halogens is 3. The maximum atomic E-state index is 13.4. The summed E-state index contributed by atoms with van der Waals surface area (Å²) in [7, 11) is 0. The van der Waals surface area contributed by atoms with Gasteiger partial charge in [-0.25, -0.2) is 0 Å². The molecule has 0 fully saturated rings. The monoisotopic (exact) mass is 328 g/mol. The molecule has 122 valence electrons. The maximum absolute atomic E-state index is 13.4. The second kappa shape index (κ2) is 5.53. The highest BCUT2D eigenvalue weighted by atomic mass is 19.4. The summed E-state index contributed by atoms with van der Waals surface area (Å²) in [5, 5.41) is 3.29. The van der Waals surface area contributed by atoms with E-state index in [1.54, 1.807) is 12.1 Å². The van der Waals surface area contributed by atoms with Crippen LogP contribution in [0.25, 0.3) is 5.69 Å². The van der Waals surface area contributed by atoms with Crippen LogP contribution in [0.4, 0.5) is 13.2 Å². The molecule has 1 aliphatic heterocycles. The van der Waals surface area contributed by atoms with E-state index in [0.717, 1.165) is 23.0 Å². The number of hydrogen-bond acceptors (Lipinski definition) is 1. The number of nitrogens with zero attached hydrogens (tertiary/aromatic N) is 1. The fourth-order valence-corrected chi connectivity index (χ4v) is 3.34. The van der Waals surface area contributed by atoms with Gasteiger partial charge in [-0.15, -0.1) is 0 Å². The number of aromatic nitrogens is 1. The summed E-state index contributed by atoms with van der Waals surface area (Å²) in [6.07, 6.45) is -2.49. The van der Waals surface area contributed by atoms with Gasteiger partial charge in [0.05, 0.1) is 11.6 Å². The molecule has 0 radical (unpaired) electrons. The lowest BCUT2D eigenvalue weighted by Gasteiger charge is -2.22. The van der Waals surface area contributed by atoms with Gasteiger partial charge in [-0.3, -0.25) is 0 Å². The summed E-state index contributed by atoms with van der Waals surface area (Å²) in [5.41, 5.74) is 2.51. The van der Waals surface area contributed by atoms with E-state index in [1.807, 2.05) is 47.2 Å². The zero-order valence-electron chi connectivity index (χ0n) is 12.7. The van der Waals surface area contributed by atoms with Gasteiger partial charge in [-0.2, -0.15) is 13.2 Å². The molecule has 2 heterocycles. The lowest BCUT2D eigenvalue weighted by molar-refractivity contribution is -0.138. The molecule has 0 spiro atoms. The minimum Gasteiger partial charge on any atom is -0.319 e. The van der Waals surface area contributed by atoms with Crippen LogP contribution in [-0.2, 0) is 12.7 Å². The minimum absolute atomic E-state index is 0.248. The summed E-state index contributed by atoms with van der Waals surface area (Å²) >= 11 is 0. The molecular formula is C19H15F3N2. The normalized spacial score (nSPS) is 17.0. The van der Waals surface area contributed by atoms with E-state index >= 15 is 0 Å². The first-order chi connectivity index (χ1) is 11.6. The van der Waals surface area contributed by atoms with Crippen LogP contribution < -0.4 is 5.32 Å². The molecule has 0 bridgehead atoms. The average Bonchev–Trinajstić information content (AvgIpc) is 2.99. The van der Waals surface area contributed by atoms with Crippen molar-refractivity contribution < 1.29 is 13.2 Å². The van der Waals surface area contributed by atoms with Crippen LogP contribution in [0.5, 0.6) is 0 Å². The molecule has 1 N–H and O–H groups in total. The SMILES string of the molecule is FC(F)(F)c1ccccc1C1NCc2ccccc2-n2cccc21. The molecule has 2 nitrogen and oxygen atoms in total. The number of fused-ring (bicyclic) bond motifs is 3. The van der Waals surface area contributed by atoms with Crippen LogP contribution in [-0.4, -0.2) is 4.57 Å². The highest BCUT2D eigenvalue weighted by Gasteiger charge is 2.36. The molecule has 3 aromatic rings. The van der Waals surface area contributed by atoms with Gasteiger partial charge in [0, 0.05) is 24.1 Å². The van der Waals surface area contributed by atoms with Gasteiger partial charge >= 0.3 is 6.18 Å². The number of rotatable bonds is 1. The molecule has 1 aliphatic rings. The second-order valence-electron chi connectivity index (χ2n) is 5.83. The highest BCUT2D eigenvalue weighted by molar-refractivity contribution is 5.48. The molecule has 2 aromatic carbocycles. The largest absolute Gasteiger partial charge is 0.416 e. The summed E-state index contributed by atoms with van der Waals surface area (Å²) in [6.45, 7) is 0.509. The van der Waals surface area contributed by atoms with Crippen LogP contribution in [0.1, 0.15) is 28.4 Å². The van der Waals surface area contributed by atoms with Crippen LogP contribution in [0.15, 0.2) is 66.9 Å². The number of alkyl halides is 3. The Morgan fingerprint density at radius 3 is 2.50 bits per heavy atom. The predicted molar refractivity (Wildman–Crippen MR) is 85.9 cm³/mol. The van der Waals surface area contributed by atoms with Gasteiger partial charge in [0.25, 0.3) is 0 Å². The molecule has 0 amide bonds. The van der Waals surface area contributed by atoms with Crippen molar-refractivity contribution in [2.24, 2.45) is 0 Å². The molecule has 0 aliphatic carbocycles. The van der Waals surface area contributed by atoms with Crippen molar-refractivity contribution in [2.75, 3.05) is 0 Å². The van der Waals surface area contributed by atoms with Crippen molar-refractivity contribution in [1.82, 2.24) is 9.88 Å². The van der Waals surface area contributed by atoms with E-state index in [2.05, 4.69) is 5.32 Å². The van der Waals surface area contributed by atoms with Crippen molar-refractivity contribution in [2.45, 2.75) is 18.8 Å². The fourth-order valence-electron chi connectivity index (χ4n) is 3.34. The van der Waals surface area contributed by atoms with Gasteiger partial charge in [0.1, 0.15) is 0 Å². The number of hydrogen-bond donors (Lipinski definition) is 1. The van der Waals surface area contributed by atoms with Gasteiger partial charge in [0.15, 0.2) is 0 Å². The number of benzene rings is 2. The molecule has 24 heavy (non-hydrogen) atoms. The topological polar surface area (TPSA) is 17.0 Å². The number of para-hydroxylation sites is 1. The van der Waals surface area contributed by atoms with Crippen molar-refractivity contribution in [3.8, 4) is 5.69 Å². The Kier molecular flexibility index (Phi) is 3.46. The lowest BCUT2D eigenvalue weighted by atomic mass is 9.97. The van der Waals surface area contributed by atoms with Crippen molar-refractivity contribution in [1.29, 1.82) is 0 Å². The van der Waals surface area contributed by atoms with Crippen molar-refractivity contribution in [3.63, 3.8) is 0 Å². The Morgan fingerprint density at radius 1 is 0.917 bits per heavy atom. The molecule has 5 heteroatoms. The first-order valence-corrected chi connectivity index (χ1v) is 7.71. The van der Waals surface area contributed by atoms with E-state index in [9.17, 15) is 13.2 Å². The summed E-state index contributed by atoms with van der Waals surface area (Å²) in [4.78, 5) is 0. The lowest BCUT2D eigenvalue weighted by Crippen LogP contribution is -2.24. The van der Waals surface area contributed by atoms with E-state index in [1.165, 1.54) is 6.07 Å². The van der Waals surface area contributed by atoms with Gasteiger partial charge in [-0.1, -0.05) is 36.4 Å². The third-order valence-corrected chi connectivity index (χ3v) is 4.40. The van der Waals surface area contributed by atoms with Gasteiger partial charge in [-0.05, 0) is 35.4 Å². The summed E-state index contributed by atoms with van der Waals surface area (Å²) < 4.78 is 42.3. The molecule has 1 atom stereocenters. The average molecular weight is 328 g/mol. The van der Waals surface area contributed by atoms with Crippen LogP contribution >= 0.6 is 0 Å². The van der Waals surface area contributed by atoms with E-state index in [4.69, 9.17) is 0 Å². The first kappa shape index (κ1) is 15.0. The Morgan fingerprint density at radius 2 is 1.67 bits per heavy atom. The van der Waals surface area contributed by atoms with Gasteiger partial charge in [0.2, 0.25) is 0 Å². The van der Waals surface area contributed by atoms with Crippen LogP contribution in [0, 0.1) is 0 Å². The third kappa shape index (κ3) is 2.41. The smallest absolute Gasteiger partial charge is 0.319 e. The Bertz CT molecular complexity index is 880. The Labute approximate surface area is 137 Å². The summed E-state index contributed by atoms with van der Waals surface area (Å²) in [5.74, 6) is 0. The second-order valence-corrected chi connectivity index (χ2v) is 5.83. The molecule has 1 aromatic heterocycles. The van der Waals surface area contributed by atoms with E-state index in [0.29, 0.717) is 6.54 Å². The first-order valence-electron chi connectivity index (χ1n) is 7.71. The Balaban J connectivity index is 1.89. The quantitative estimate of drug-likeness (QED) is 0.686. The fraction of sp³-hybridized carbons (Fsp3) is 0.158. The minimum atomic E-state index is -4.38. The molecule has 1 unspecified atom stereocenters.